The Kier molecular flexibility index (Phi) is 3.62. The van der Waals surface area contributed by atoms with Crippen molar-refractivity contribution in [3.8, 4) is 17.2 Å². The van der Waals surface area contributed by atoms with Gasteiger partial charge in [0.25, 0.3) is 0 Å². The van der Waals surface area contributed by atoms with E-state index in [0.717, 1.165) is 0 Å². The minimum atomic E-state index is -0.950. The lowest BCUT2D eigenvalue weighted by Gasteiger charge is -2.12. The first kappa shape index (κ1) is 11.5. The van der Waals surface area contributed by atoms with Crippen molar-refractivity contribution in [2.45, 2.75) is 0 Å². The van der Waals surface area contributed by atoms with E-state index >= 15 is 0 Å². The first-order chi connectivity index (χ1) is 7.08. The number of primary amides is 1. The zero-order valence-electron chi connectivity index (χ0n) is 8.24. The van der Waals surface area contributed by atoms with Gasteiger partial charge in [0.1, 0.15) is 0 Å². The molecule has 1 aromatic carbocycles. The molecule has 1 amide bonds. The van der Waals surface area contributed by atoms with Crippen molar-refractivity contribution in [3.05, 3.63) is 17.2 Å². The minimum absolute atomic E-state index is 0.108. The van der Waals surface area contributed by atoms with Gasteiger partial charge in [0, 0.05) is 17.2 Å². The largest absolute Gasteiger partial charge is 0.493 e. The molecule has 2 N–H and O–H groups in total. The van der Waals surface area contributed by atoms with Crippen molar-refractivity contribution in [1.82, 2.24) is 0 Å². The number of carbonyl (C=O) groups excluding carboxylic acids is 1. The molecule has 15 heavy (non-hydrogen) atoms. The maximum absolute atomic E-state index is 10.6. The van der Waals surface area contributed by atoms with Crippen LogP contribution in [0.15, 0.2) is 12.1 Å². The summed E-state index contributed by atoms with van der Waals surface area (Å²) in [6.07, 6.45) is -0.950. The highest BCUT2D eigenvalue weighted by atomic mass is 35.5. The summed E-state index contributed by atoms with van der Waals surface area (Å²) < 4.78 is 14.7. The zero-order valence-corrected chi connectivity index (χ0v) is 9.00. The quantitative estimate of drug-likeness (QED) is 0.861. The molecule has 0 aromatic heterocycles. The molecule has 5 nitrogen and oxygen atoms in total. The standard InChI is InChI=1S/C9H10ClNO4/c1-13-6-3-5(10)4-7(14-2)8(6)15-9(11)12/h3-4H,1-2H3,(H2,11,12). The van der Waals surface area contributed by atoms with Crippen LogP contribution in [0.25, 0.3) is 0 Å². The summed E-state index contributed by atoms with van der Waals surface area (Å²) in [6, 6.07) is 2.98. The van der Waals surface area contributed by atoms with Crippen LogP contribution in [-0.2, 0) is 0 Å². The topological polar surface area (TPSA) is 70.8 Å². The SMILES string of the molecule is COc1cc(Cl)cc(OC)c1OC(N)=O. The van der Waals surface area contributed by atoms with Crippen molar-refractivity contribution >= 4 is 17.7 Å². The first-order valence-corrected chi connectivity index (χ1v) is 4.35. The lowest BCUT2D eigenvalue weighted by Crippen LogP contribution is -2.17. The summed E-state index contributed by atoms with van der Waals surface area (Å²) >= 11 is 5.78. The summed E-state index contributed by atoms with van der Waals surface area (Å²) in [4.78, 5) is 10.6. The molecule has 0 aliphatic rings. The maximum Gasteiger partial charge on any atom is 0.410 e. The van der Waals surface area contributed by atoms with Crippen LogP contribution in [0.3, 0.4) is 0 Å². The van der Waals surface area contributed by atoms with Gasteiger partial charge in [0.05, 0.1) is 14.2 Å². The Labute approximate surface area is 91.7 Å². The fourth-order valence-electron chi connectivity index (χ4n) is 1.05. The average molecular weight is 232 g/mol. The highest BCUT2D eigenvalue weighted by molar-refractivity contribution is 6.31. The number of nitrogens with two attached hydrogens (primary N) is 1. The molecule has 82 valence electrons. The van der Waals surface area contributed by atoms with Gasteiger partial charge in [-0.2, -0.15) is 0 Å². The number of rotatable bonds is 3. The Bertz CT molecular complexity index is 355. The van der Waals surface area contributed by atoms with Crippen LogP contribution in [0.1, 0.15) is 0 Å². The van der Waals surface area contributed by atoms with Crippen LogP contribution in [0.2, 0.25) is 5.02 Å². The third-order valence-electron chi connectivity index (χ3n) is 1.63. The third kappa shape index (κ3) is 2.66. The molecule has 6 heteroatoms. The van der Waals surface area contributed by atoms with E-state index in [1.54, 1.807) is 0 Å². The van der Waals surface area contributed by atoms with Gasteiger partial charge < -0.3 is 19.9 Å². The second-order valence-corrected chi connectivity index (χ2v) is 3.00. The highest BCUT2D eigenvalue weighted by Crippen LogP contribution is 2.39. The fourth-order valence-corrected chi connectivity index (χ4v) is 1.25. The third-order valence-corrected chi connectivity index (χ3v) is 1.85. The van der Waals surface area contributed by atoms with Crippen molar-refractivity contribution in [1.29, 1.82) is 0 Å². The smallest absolute Gasteiger partial charge is 0.410 e. The van der Waals surface area contributed by atoms with E-state index in [4.69, 9.17) is 31.5 Å². The summed E-state index contributed by atoms with van der Waals surface area (Å²) in [5.74, 6) is 0.660. The van der Waals surface area contributed by atoms with E-state index in [-0.39, 0.29) is 17.2 Å². The molecule has 1 rings (SSSR count). The normalized spacial score (nSPS) is 9.53. The van der Waals surface area contributed by atoms with Crippen LogP contribution >= 0.6 is 11.6 Å². The van der Waals surface area contributed by atoms with Crippen LogP contribution < -0.4 is 19.9 Å². The van der Waals surface area contributed by atoms with Gasteiger partial charge in [-0.15, -0.1) is 0 Å². The van der Waals surface area contributed by atoms with Gasteiger partial charge in [-0.05, 0) is 0 Å². The van der Waals surface area contributed by atoms with E-state index in [1.165, 1.54) is 26.4 Å². The monoisotopic (exact) mass is 231 g/mol. The summed E-state index contributed by atoms with van der Waals surface area (Å²) in [5.41, 5.74) is 4.90. The van der Waals surface area contributed by atoms with Gasteiger partial charge in [-0.25, -0.2) is 4.79 Å². The van der Waals surface area contributed by atoms with Crippen molar-refractivity contribution in [3.63, 3.8) is 0 Å². The van der Waals surface area contributed by atoms with E-state index < -0.39 is 6.09 Å². The number of hydrogen-bond donors (Lipinski definition) is 1. The summed E-state index contributed by atoms with van der Waals surface area (Å²) in [7, 11) is 2.83. The summed E-state index contributed by atoms with van der Waals surface area (Å²) in [6.45, 7) is 0. The van der Waals surface area contributed by atoms with Crippen molar-refractivity contribution in [2.75, 3.05) is 14.2 Å². The molecule has 0 atom stereocenters. The zero-order chi connectivity index (χ0) is 11.4. The molecule has 0 unspecified atom stereocenters. The molecule has 0 radical (unpaired) electrons. The Balaban J connectivity index is 3.23. The second kappa shape index (κ2) is 4.75. The molecule has 0 saturated heterocycles. The van der Waals surface area contributed by atoms with E-state index in [1.807, 2.05) is 0 Å². The molecule has 0 bridgehead atoms. The Morgan fingerprint density at radius 3 is 2.07 bits per heavy atom. The number of benzene rings is 1. The van der Waals surface area contributed by atoms with Gasteiger partial charge >= 0.3 is 6.09 Å². The highest BCUT2D eigenvalue weighted by Gasteiger charge is 2.15. The van der Waals surface area contributed by atoms with Gasteiger partial charge in [0.15, 0.2) is 11.5 Å². The van der Waals surface area contributed by atoms with Gasteiger partial charge in [-0.1, -0.05) is 11.6 Å². The molecule has 0 fully saturated rings. The van der Waals surface area contributed by atoms with Crippen LogP contribution in [-0.4, -0.2) is 20.3 Å². The minimum Gasteiger partial charge on any atom is -0.493 e. The molecular weight excluding hydrogens is 222 g/mol. The Morgan fingerprint density at radius 2 is 1.73 bits per heavy atom. The number of amides is 1. The first-order valence-electron chi connectivity index (χ1n) is 3.97. The lowest BCUT2D eigenvalue weighted by molar-refractivity contribution is 0.206. The fraction of sp³-hybridized carbons (Fsp3) is 0.222. The van der Waals surface area contributed by atoms with E-state index in [9.17, 15) is 4.79 Å². The number of hydrogen-bond acceptors (Lipinski definition) is 4. The molecule has 0 aliphatic carbocycles. The van der Waals surface area contributed by atoms with Crippen LogP contribution in [0.5, 0.6) is 17.2 Å². The predicted molar refractivity (Wildman–Crippen MR) is 54.8 cm³/mol. The predicted octanol–water partition coefficient (Wildman–Crippen LogP) is 1.81. The number of carbonyl (C=O) groups is 1. The molecule has 0 heterocycles. The van der Waals surface area contributed by atoms with Crippen molar-refractivity contribution < 1.29 is 19.0 Å². The number of ether oxygens (including phenoxy) is 3. The van der Waals surface area contributed by atoms with E-state index in [2.05, 4.69) is 0 Å². The van der Waals surface area contributed by atoms with Crippen molar-refractivity contribution in [2.24, 2.45) is 5.73 Å². The van der Waals surface area contributed by atoms with Crippen LogP contribution in [0.4, 0.5) is 4.79 Å². The van der Waals surface area contributed by atoms with Crippen LogP contribution in [0, 0.1) is 0 Å². The Hall–Kier alpha value is -1.62. The van der Waals surface area contributed by atoms with E-state index in [0.29, 0.717) is 5.02 Å². The number of methoxy groups -OCH3 is 2. The lowest BCUT2D eigenvalue weighted by atomic mass is 10.3. The maximum atomic E-state index is 10.6. The number of halogens is 1. The molecule has 0 spiro atoms. The Morgan fingerprint density at radius 1 is 1.27 bits per heavy atom. The second-order valence-electron chi connectivity index (χ2n) is 2.56. The molecule has 0 aliphatic heterocycles. The average Bonchev–Trinajstić information content (AvgIpc) is 2.19. The summed E-state index contributed by atoms with van der Waals surface area (Å²) in [5, 5.41) is 0.403. The molecular formula is C9H10ClNO4. The molecule has 0 saturated carbocycles. The van der Waals surface area contributed by atoms with Gasteiger partial charge in [0.2, 0.25) is 5.75 Å². The van der Waals surface area contributed by atoms with Gasteiger partial charge in [-0.3, -0.25) is 0 Å². The molecule has 1 aromatic rings.